The van der Waals surface area contributed by atoms with Crippen LogP contribution in [0.1, 0.15) is 36.8 Å². The minimum absolute atomic E-state index is 0.123. The Morgan fingerprint density at radius 2 is 2.12 bits per heavy atom. The van der Waals surface area contributed by atoms with E-state index in [1.165, 1.54) is 36.1 Å². The molecule has 0 bridgehead atoms. The van der Waals surface area contributed by atoms with Gasteiger partial charge in [-0.2, -0.15) is 0 Å². The lowest BCUT2D eigenvalue weighted by Gasteiger charge is -2.37. The van der Waals surface area contributed by atoms with E-state index in [0.717, 1.165) is 19.4 Å². The summed E-state index contributed by atoms with van der Waals surface area (Å²) in [4.78, 5) is 2.45. The molecule has 1 heterocycles. The second-order valence-electron chi connectivity index (χ2n) is 5.49. The van der Waals surface area contributed by atoms with Gasteiger partial charge in [0.1, 0.15) is 0 Å². The van der Waals surface area contributed by atoms with Crippen LogP contribution in [0, 0.1) is 6.92 Å². The van der Waals surface area contributed by atoms with Gasteiger partial charge in [-0.25, -0.2) is 0 Å². The van der Waals surface area contributed by atoms with Crippen molar-refractivity contribution in [3.63, 3.8) is 0 Å². The number of anilines is 1. The molecule has 0 spiro atoms. The quantitative estimate of drug-likeness (QED) is 0.803. The third kappa shape index (κ3) is 1.95. The maximum Gasteiger partial charge on any atom is 0.0743 e. The first kappa shape index (κ1) is 11.1. The molecule has 2 nitrogen and oxygen atoms in total. The number of nitrogens with zero attached hydrogens (tertiary/aromatic N) is 1. The number of benzene rings is 1. The molecule has 0 aromatic heterocycles. The summed E-state index contributed by atoms with van der Waals surface area (Å²) in [5.74, 6) is 0. The van der Waals surface area contributed by atoms with Crippen LogP contribution in [0.15, 0.2) is 18.2 Å². The minimum atomic E-state index is -0.123. The van der Waals surface area contributed by atoms with Crippen LogP contribution in [0.2, 0.25) is 0 Å². The Hall–Kier alpha value is -1.02. The van der Waals surface area contributed by atoms with Gasteiger partial charge >= 0.3 is 0 Å². The number of aliphatic hydroxyl groups excluding tert-OH is 1. The molecular formula is C15H21NO. The molecule has 0 radical (unpaired) electrons. The zero-order chi connectivity index (χ0) is 11.8. The first-order chi connectivity index (χ1) is 8.25. The number of rotatable bonds is 1. The highest BCUT2D eigenvalue weighted by molar-refractivity contribution is 5.57. The second kappa shape index (κ2) is 4.34. The molecule has 1 fully saturated rings. The molecule has 2 heteroatoms. The standard InChI is InChI=1S/C15H21NO/c1-11-7-8-13-12(10-11)4-3-9-16(13)14-5-2-6-15(14)17/h7-8,10,14-15,17H,2-6,9H2,1H3. The Bertz CT molecular complexity index is 415. The van der Waals surface area contributed by atoms with Gasteiger partial charge < -0.3 is 10.0 Å². The van der Waals surface area contributed by atoms with Crippen molar-refractivity contribution >= 4 is 5.69 Å². The van der Waals surface area contributed by atoms with Crippen LogP contribution in [0.3, 0.4) is 0 Å². The van der Waals surface area contributed by atoms with Crippen LogP contribution < -0.4 is 4.90 Å². The Labute approximate surface area is 103 Å². The molecule has 0 amide bonds. The fourth-order valence-electron chi connectivity index (χ4n) is 3.38. The lowest BCUT2D eigenvalue weighted by molar-refractivity contribution is 0.160. The van der Waals surface area contributed by atoms with E-state index in [9.17, 15) is 5.11 Å². The zero-order valence-electron chi connectivity index (χ0n) is 10.5. The van der Waals surface area contributed by atoms with Crippen molar-refractivity contribution < 1.29 is 5.11 Å². The first-order valence-electron chi connectivity index (χ1n) is 6.80. The molecule has 2 atom stereocenters. The lowest BCUT2D eigenvalue weighted by Crippen LogP contribution is -2.43. The summed E-state index contributed by atoms with van der Waals surface area (Å²) in [7, 11) is 0. The average molecular weight is 231 g/mol. The van der Waals surface area contributed by atoms with Crippen molar-refractivity contribution in [2.75, 3.05) is 11.4 Å². The van der Waals surface area contributed by atoms with Gasteiger partial charge in [0, 0.05) is 12.2 Å². The largest absolute Gasteiger partial charge is 0.391 e. The van der Waals surface area contributed by atoms with Gasteiger partial charge in [-0.1, -0.05) is 17.7 Å². The number of aryl methyl sites for hydroxylation is 2. The van der Waals surface area contributed by atoms with Gasteiger partial charge in [-0.05, 0) is 50.7 Å². The van der Waals surface area contributed by atoms with Gasteiger partial charge in [-0.3, -0.25) is 0 Å². The average Bonchev–Trinajstić information content (AvgIpc) is 2.74. The zero-order valence-corrected chi connectivity index (χ0v) is 10.5. The normalized spacial score (nSPS) is 28.2. The van der Waals surface area contributed by atoms with Crippen LogP contribution in [0.25, 0.3) is 0 Å². The molecule has 17 heavy (non-hydrogen) atoms. The van der Waals surface area contributed by atoms with E-state index in [2.05, 4.69) is 30.0 Å². The summed E-state index contributed by atoms with van der Waals surface area (Å²) in [6, 6.07) is 7.10. The Kier molecular flexibility index (Phi) is 2.83. The lowest BCUT2D eigenvalue weighted by atomic mass is 9.97. The maximum atomic E-state index is 10.1. The summed E-state index contributed by atoms with van der Waals surface area (Å²) in [6.07, 6.45) is 5.58. The van der Waals surface area contributed by atoms with Crippen LogP contribution in [-0.2, 0) is 6.42 Å². The molecular weight excluding hydrogens is 210 g/mol. The number of hydrogen-bond donors (Lipinski definition) is 1. The number of hydrogen-bond acceptors (Lipinski definition) is 2. The van der Waals surface area contributed by atoms with E-state index in [1.54, 1.807) is 0 Å². The summed E-state index contributed by atoms with van der Waals surface area (Å²) < 4.78 is 0. The van der Waals surface area contributed by atoms with Crippen molar-refractivity contribution in [2.45, 2.75) is 51.2 Å². The number of aliphatic hydroxyl groups is 1. The van der Waals surface area contributed by atoms with Crippen LogP contribution in [0.4, 0.5) is 5.69 Å². The van der Waals surface area contributed by atoms with Gasteiger partial charge in [0.15, 0.2) is 0 Å². The molecule has 1 aromatic rings. The topological polar surface area (TPSA) is 23.5 Å². The number of fused-ring (bicyclic) bond motifs is 1. The maximum absolute atomic E-state index is 10.1. The molecule has 1 aliphatic heterocycles. The van der Waals surface area contributed by atoms with Crippen molar-refractivity contribution in [2.24, 2.45) is 0 Å². The van der Waals surface area contributed by atoms with Gasteiger partial charge in [0.2, 0.25) is 0 Å². The molecule has 2 aliphatic rings. The highest BCUT2D eigenvalue weighted by atomic mass is 16.3. The van der Waals surface area contributed by atoms with E-state index in [1.807, 2.05) is 0 Å². The molecule has 92 valence electrons. The fourth-order valence-corrected chi connectivity index (χ4v) is 3.38. The van der Waals surface area contributed by atoms with E-state index >= 15 is 0 Å². The molecule has 1 aromatic carbocycles. The Morgan fingerprint density at radius 1 is 1.24 bits per heavy atom. The predicted molar refractivity (Wildman–Crippen MR) is 70.5 cm³/mol. The molecule has 1 saturated carbocycles. The van der Waals surface area contributed by atoms with E-state index < -0.39 is 0 Å². The smallest absolute Gasteiger partial charge is 0.0743 e. The minimum Gasteiger partial charge on any atom is -0.391 e. The van der Waals surface area contributed by atoms with Crippen LogP contribution >= 0.6 is 0 Å². The van der Waals surface area contributed by atoms with Crippen molar-refractivity contribution in [3.8, 4) is 0 Å². The van der Waals surface area contributed by atoms with Crippen molar-refractivity contribution in [1.82, 2.24) is 0 Å². The summed E-state index contributed by atoms with van der Waals surface area (Å²) in [5, 5.41) is 10.1. The van der Waals surface area contributed by atoms with Crippen LogP contribution in [0.5, 0.6) is 0 Å². The Morgan fingerprint density at radius 3 is 2.88 bits per heavy atom. The van der Waals surface area contributed by atoms with Gasteiger partial charge in [0.05, 0.1) is 12.1 Å². The highest BCUT2D eigenvalue weighted by Gasteiger charge is 2.32. The third-order valence-electron chi connectivity index (χ3n) is 4.23. The SMILES string of the molecule is Cc1ccc2c(c1)CCCN2C1CCCC1O. The molecule has 1 aliphatic carbocycles. The van der Waals surface area contributed by atoms with Crippen molar-refractivity contribution in [3.05, 3.63) is 29.3 Å². The molecule has 1 N–H and O–H groups in total. The van der Waals surface area contributed by atoms with E-state index in [-0.39, 0.29) is 6.10 Å². The predicted octanol–water partition coefficient (Wildman–Crippen LogP) is 2.66. The van der Waals surface area contributed by atoms with Crippen LogP contribution in [-0.4, -0.2) is 23.8 Å². The van der Waals surface area contributed by atoms with E-state index in [0.29, 0.717) is 6.04 Å². The summed E-state index contributed by atoms with van der Waals surface area (Å²) in [6.45, 7) is 3.27. The molecule has 0 saturated heterocycles. The van der Waals surface area contributed by atoms with Crippen molar-refractivity contribution in [1.29, 1.82) is 0 Å². The molecule has 3 rings (SSSR count). The van der Waals surface area contributed by atoms with E-state index in [4.69, 9.17) is 0 Å². The monoisotopic (exact) mass is 231 g/mol. The first-order valence-corrected chi connectivity index (χ1v) is 6.80. The van der Waals surface area contributed by atoms with Gasteiger partial charge in [-0.15, -0.1) is 0 Å². The highest BCUT2D eigenvalue weighted by Crippen LogP contribution is 2.34. The summed E-state index contributed by atoms with van der Waals surface area (Å²) in [5.41, 5.74) is 4.18. The molecule has 2 unspecified atom stereocenters. The van der Waals surface area contributed by atoms with Gasteiger partial charge in [0.25, 0.3) is 0 Å². The second-order valence-corrected chi connectivity index (χ2v) is 5.49. The fraction of sp³-hybridized carbons (Fsp3) is 0.600. The summed E-state index contributed by atoms with van der Waals surface area (Å²) >= 11 is 0. The Balaban J connectivity index is 1.93. The third-order valence-corrected chi connectivity index (χ3v) is 4.23.